The molecule has 1 aromatic heterocycles. The first kappa shape index (κ1) is 12.0. The Morgan fingerprint density at radius 1 is 1.29 bits per heavy atom. The van der Waals surface area contributed by atoms with E-state index >= 15 is 0 Å². The van der Waals surface area contributed by atoms with Gasteiger partial charge >= 0.3 is 0 Å². The van der Waals surface area contributed by atoms with Crippen molar-refractivity contribution in [1.82, 2.24) is 4.98 Å². The Labute approximate surface area is 105 Å². The molecular weight excluding hydrogens is 235 g/mol. The van der Waals surface area contributed by atoms with E-state index in [2.05, 4.69) is 10.3 Å². The quantitative estimate of drug-likeness (QED) is 0.888. The van der Waals surface area contributed by atoms with Crippen molar-refractivity contribution in [2.75, 3.05) is 5.32 Å². The lowest BCUT2D eigenvalue weighted by Crippen LogP contribution is -2.07. The third-order valence-electron chi connectivity index (χ3n) is 2.51. The molecule has 0 amide bonds. The molecule has 0 fully saturated rings. The summed E-state index contributed by atoms with van der Waals surface area (Å²) in [6.07, 6.45) is 0. The molecule has 4 heteroatoms. The van der Waals surface area contributed by atoms with Gasteiger partial charge in [0.1, 0.15) is 5.82 Å². The fourth-order valence-corrected chi connectivity index (χ4v) is 2.43. The summed E-state index contributed by atoms with van der Waals surface area (Å²) in [5.41, 5.74) is 2.70. The molecule has 17 heavy (non-hydrogen) atoms. The van der Waals surface area contributed by atoms with Crippen molar-refractivity contribution in [3.8, 4) is 0 Å². The van der Waals surface area contributed by atoms with Crippen LogP contribution in [0.3, 0.4) is 0 Å². The molecule has 1 atom stereocenters. The van der Waals surface area contributed by atoms with E-state index in [4.69, 9.17) is 0 Å². The Morgan fingerprint density at radius 3 is 2.65 bits per heavy atom. The van der Waals surface area contributed by atoms with E-state index in [-0.39, 0.29) is 11.9 Å². The molecule has 0 radical (unpaired) electrons. The second-order valence-corrected chi connectivity index (χ2v) is 5.24. The van der Waals surface area contributed by atoms with Crippen molar-refractivity contribution in [3.63, 3.8) is 0 Å². The molecule has 0 aliphatic heterocycles. The van der Waals surface area contributed by atoms with E-state index in [1.807, 2.05) is 32.2 Å². The first-order chi connectivity index (χ1) is 8.04. The number of nitrogens with one attached hydrogen (secondary N) is 1. The summed E-state index contributed by atoms with van der Waals surface area (Å²) < 4.78 is 13.2. The molecule has 1 unspecified atom stereocenters. The molecule has 0 aliphatic rings. The summed E-state index contributed by atoms with van der Waals surface area (Å²) in [5.74, 6) is -0.214. The Bertz CT molecular complexity index is 502. The average Bonchev–Trinajstić information content (AvgIpc) is 2.63. The highest BCUT2D eigenvalue weighted by molar-refractivity contribution is 7.09. The molecule has 0 bridgehead atoms. The van der Waals surface area contributed by atoms with Gasteiger partial charge in [0.2, 0.25) is 0 Å². The van der Waals surface area contributed by atoms with Gasteiger partial charge in [-0.25, -0.2) is 9.37 Å². The second-order valence-electron chi connectivity index (χ2n) is 4.17. The smallest absolute Gasteiger partial charge is 0.125 e. The van der Waals surface area contributed by atoms with E-state index in [1.165, 1.54) is 12.1 Å². The van der Waals surface area contributed by atoms with Crippen molar-refractivity contribution >= 4 is 17.0 Å². The zero-order valence-electron chi connectivity index (χ0n) is 10.1. The molecule has 1 aromatic carbocycles. The normalized spacial score (nSPS) is 12.5. The summed E-state index contributed by atoms with van der Waals surface area (Å²) in [6, 6.07) is 5.03. The van der Waals surface area contributed by atoms with Crippen LogP contribution in [-0.2, 0) is 0 Å². The summed E-state index contributed by atoms with van der Waals surface area (Å²) in [4.78, 5) is 4.41. The summed E-state index contributed by atoms with van der Waals surface area (Å²) in [5, 5.41) is 6.33. The number of nitrogens with zero attached hydrogens (tertiary/aromatic N) is 1. The van der Waals surface area contributed by atoms with Crippen LogP contribution in [0.1, 0.15) is 29.2 Å². The van der Waals surface area contributed by atoms with Crippen molar-refractivity contribution in [1.29, 1.82) is 0 Å². The summed E-state index contributed by atoms with van der Waals surface area (Å²) in [6.45, 7) is 5.88. The molecule has 90 valence electrons. The maximum Gasteiger partial charge on any atom is 0.125 e. The summed E-state index contributed by atoms with van der Waals surface area (Å²) in [7, 11) is 0. The first-order valence-electron chi connectivity index (χ1n) is 5.50. The SMILES string of the molecule is Cc1cc(F)cc(NC(C)c2csc(C)n2)c1. The average molecular weight is 250 g/mol. The standard InChI is InChI=1S/C13H15FN2S/c1-8-4-11(14)6-12(5-8)15-9(2)13-7-17-10(3)16-13/h4-7,9,15H,1-3H3. The topological polar surface area (TPSA) is 24.9 Å². The van der Waals surface area contributed by atoms with Gasteiger partial charge in [-0.3, -0.25) is 0 Å². The molecule has 2 nitrogen and oxygen atoms in total. The van der Waals surface area contributed by atoms with Crippen molar-refractivity contribution in [3.05, 3.63) is 45.7 Å². The summed E-state index contributed by atoms with van der Waals surface area (Å²) >= 11 is 1.62. The Hall–Kier alpha value is -1.42. The molecule has 2 aromatic rings. The van der Waals surface area contributed by atoms with Crippen molar-refractivity contribution in [2.45, 2.75) is 26.8 Å². The minimum absolute atomic E-state index is 0.0844. The van der Waals surface area contributed by atoms with E-state index in [1.54, 1.807) is 11.3 Å². The van der Waals surface area contributed by atoms with Crippen LogP contribution < -0.4 is 5.32 Å². The largest absolute Gasteiger partial charge is 0.377 e. The number of benzene rings is 1. The Balaban J connectivity index is 2.15. The third kappa shape index (κ3) is 3.03. The van der Waals surface area contributed by atoms with E-state index in [0.29, 0.717) is 0 Å². The molecule has 2 rings (SSSR count). The molecule has 0 aliphatic carbocycles. The minimum Gasteiger partial charge on any atom is -0.377 e. The lowest BCUT2D eigenvalue weighted by Gasteiger charge is -2.13. The van der Waals surface area contributed by atoms with Crippen LogP contribution in [-0.4, -0.2) is 4.98 Å². The molecule has 1 N–H and O–H groups in total. The minimum atomic E-state index is -0.214. The predicted molar refractivity (Wildman–Crippen MR) is 70.0 cm³/mol. The zero-order chi connectivity index (χ0) is 12.4. The molecule has 0 saturated heterocycles. The van der Waals surface area contributed by atoms with Gasteiger partial charge in [0.05, 0.1) is 16.7 Å². The van der Waals surface area contributed by atoms with Crippen molar-refractivity contribution in [2.24, 2.45) is 0 Å². The van der Waals surface area contributed by atoms with Gasteiger partial charge < -0.3 is 5.32 Å². The highest BCUT2D eigenvalue weighted by Gasteiger charge is 2.09. The highest BCUT2D eigenvalue weighted by atomic mass is 32.1. The highest BCUT2D eigenvalue weighted by Crippen LogP contribution is 2.22. The van der Waals surface area contributed by atoms with Gasteiger partial charge in [-0.1, -0.05) is 0 Å². The van der Waals surface area contributed by atoms with Gasteiger partial charge in [0.15, 0.2) is 0 Å². The lowest BCUT2D eigenvalue weighted by molar-refractivity contribution is 0.626. The number of aromatic nitrogens is 1. The zero-order valence-corrected chi connectivity index (χ0v) is 10.9. The van der Waals surface area contributed by atoms with E-state index in [0.717, 1.165) is 22.0 Å². The number of thiazole rings is 1. The third-order valence-corrected chi connectivity index (χ3v) is 3.30. The van der Waals surface area contributed by atoms with Crippen LogP contribution in [0.4, 0.5) is 10.1 Å². The van der Waals surface area contributed by atoms with E-state index < -0.39 is 0 Å². The molecule has 0 saturated carbocycles. The number of anilines is 1. The Morgan fingerprint density at radius 2 is 2.06 bits per heavy atom. The van der Waals surface area contributed by atoms with Gasteiger partial charge in [-0.05, 0) is 44.5 Å². The fourth-order valence-electron chi connectivity index (χ4n) is 1.72. The second kappa shape index (κ2) is 4.84. The van der Waals surface area contributed by atoms with Crippen LogP contribution in [0, 0.1) is 19.7 Å². The molecule has 0 spiro atoms. The molecule has 1 heterocycles. The van der Waals surface area contributed by atoms with Crippen LogP contribution in [0.2, 0.25) is 0 Å². The maximum absolute atomic E-state index is 13.2. The van der Waals surface area contributed by atoms with Crippen LogP contribution in [0.15, 0.2) is 23.6 Å². The predicted octanol–water partition coefficient (Wildman–Crippen LogP) is 4.07. The monoisotopic (exact) mass is 250 g/mol. The number of hydrogen-bond donors (Lipinski definition) is 1. The van der Waals surface area contributed by atoms with Gasteiger partial charge in [0, 0.05) is 11.1 Å². The number of hydrogen-bond acceptors (Lipinski definition) is 3. The van der Waals surface area contributed by atoms with Gasteiger partial charge in [0.25, 0.3) is 0 Å². The van der Waals surface area contributed by atoms with Crippen LogP contribution >= 0.6 is 11.3 Å². The van der Waals surface area contributed by atoms with Gasteiger partial charge in [-0.15, -0.1) is 11.3 Å². The maximum atomic E-state index is 13.2. The number of rotatable bonds is 3. The van der Waals surface area contributed by atoms with Crippen molar-refractivity contribution < 1.29 is 4.39 Å². The Kier molecular flexibility index (Phi) is 3.43. The van der Waals surface area contributed by atoms with E-state index in [9.17, 15) is 4.39 Å². The van der Waals surface area contributed by atoms with Crippen LogP contribution in [0.25, 0.3) is 0 Å². The fraction of sp³-hybridized carbons (Fsp3) is 0.308. The number of halogens is 1. The molecular formula is C13H15FN2S. The lowest BCUT2D eigenvalue weighted by atomic mass is 10.2. The number of aryl methyl sites for hydroxylation is 2. The van der Waals surface area contributed by atoms with Gasteiger partial charge in [-0.2, -0.15) is 0 Å². The first-order valence-corrected chi connectivity index (χ1v) is 6.38. The van der Waals surface area contributed by atoms with Crippen LogP contribution in [0.5, 0.6) is 0 Å².